The number of benzene rings is 2. The molecule has 10 heteroatoms. The van der Waals surface area contributed by atoms with Crippen LogP contribution in [0.15, 0.2) is 54.7 Å². The molecule has 2 saturated heterocycles. The zero-order valence-electron chi connectivity index (χ0n) is 23.3. The molecule has 2 aromatic carbocycles. The number of rotatable bonds is 4. The highest BCUT2D eigenvalue weighted by Gasteiger charge is 2.61. The summed E-state index contributed by atoms with van der Waals surface area (Å²) in [6.45, 7) is 6.26. The molecule has 0 saturated carbocycles. The van der Waals surface area contributed by atoms with Crippen LogP contribution in [0.4, 0.5) is 5.69 Å². The molecule has 214 valence electrons. The Balaban J connectivity index is 1.27. The van der Waals surface area contributed by atoms with E-state index in [1.165, 1.54) is 0 Å². The zero-order valence-corrected chi connectivity index (χ0v) is 23.3. The van der Waals surface area contributed by atoms with Crippen molar-refractivity contribution in [3.05, 3.63) is 71.5 Å². The van der Waals surface area contributed by atoms with Crippen molar-refractivity contribution in [3.8, 4) is 5.75 Å². The number of para-hydroxylation sites is 1. The first-order valence-corrected chi connectivity index (χ1v) is 14.8. The summed E-state index contributed by atoms with van der Waals surface area (Å²) < 4.78 is 13.4. The summed E-state index contributed by atoms with van der Waals surface area (Å²) in [5, 5.41) is 8.66. The molecule has 0 radical (unpaired) electrons. The summed E-state index contributed by atoms with van der Waals surface area (Å²) >= 11 is 0. The first-order valence-electron chi connectivity index (χ1n) is 14.8. The van der Waals surface area contributed by atoms with Gasteiger partial charge in [-0.3, -0.25) is 19.2 Å². The van der Waals surface area contributed by atoms with Crippen LogP contribution in [0.25, 0.3) is 0 Å². The first kappa shape index (κ1) is 26.2. The highest BCUT2D eigenvalue weighted by atomic mass is 16.5. The van der Waals surface area contributed by atoms with Crippen molar-refractivity contribution >= 4 is 17.5 Å². The lowest BCUT2D eigenvalue weighted by Crippen LogP contribution is -2.45. The number of ether oxygens (including phenoxy) is 2. The Morgan fingerprint density at radius 2 is 1.90 bits per heavy atom. The van der Waals surface area contributed by atoms with E-state index in [4.69, 9.17) is 9.47 Å². The van der Waals surface area contributed by atoms with E-state index in [-0.39, 0.29) is 11.8 Å². The molecule has 5 heterocycles. The van der Waals surface area contributed by atoms with E-state index in [1.807, 2.05) is 63.1 Å². The molecule has 1 aromatic heterocycles. The Kier molecular flexibility index (Phi) is 6.96. The van der Waals surface area contributed by atoms with Crippen LogP contribution in [0.2, 0.25) is 0 Å². The number of morpholine rings is 1. The number of aryl methyl sites for hydroxylation is 1. The number of aromatic nitrogens is 3. The summed E-state index contributed by atoms with van der Waals surface area (Å²) in [4.78, 5) is 34.8. The van der Waals surface area contributed by atoms with Crippen LogP contribution in [0, 0.1) is 0 Å². The van der Waals surface area contributed by atoms with Gasteiger partial charge in [0.05, 0.1) is 38.6 Å². The third-order valence-corrected chi connectivity index (χ3v) is 9.00. The monoisotopic (exact) mass is 556 g/mol. The van der Waals surface area contributed by atoms with Crippen LogP contribution >= 0.6 is 0 Å². The second-order valence-electron chi connectivity index (χ2n) is 11.4. The van der Waals surface area contributed by atoms with E-state index in [9.17, 15) is 9.59 Å². The fourth-order valence-corrected chi connectivity index (χ4v) is 7.07. The Morgan fingerprint density at radius 3 is 2.80 bits per heavy atom. The molecule has 4 aliphatic rings. The molecule has 0 aliphatic carbocycles. The van der Waals surface area contributed by atoms with Crippen LogP contribution in [-0.4, -0.2) is 82.6 Å². The van der Waals surface area contributed by atoms with Crippen LogP contribution < -0.4 is 9.64 Å². The minimum Gasteiger partial charge on any atom is -0.494 e. The van der Waals surface area contributed by atoms with Crippen LogP contribution in [0.1, 0.15) is 48.5 Å². The number of nitrogens with zero attached hydrogens (tertiary/aromatic N) is 6. The van der Waals surface area contributed by atoms with Crippen LogP contribution in [0.3, 0.4) is 0 Å². The standard InChI is InChI=1S/C31H36N6O4/c38-28(10-4-12-34-15-18-40-19-16-34)36-14-11-31-26-8-1-2-9-27(26)37(30(31)39)22-24-21-35(33-32-24)13-5-17-41-25-7-3-6-23(20-25)29(31)36/h1-3,6-9,20-21,29H,4-5,10-19,22H2/t29-,31-/m0/s1. The van der Waals surface area contributed by atoms with Crippen molar-refractivity contribution in [2.24, 2.45) is 0 Å². The molecule has 3 aromatic rings. The highest BCUT2D eigenvalue weighted by Crippen LogP contribution is 2.57. The van der Waals surface area contributed by atoms with E-state index in [1.54, 1.807) is 0 Å². The minimum atomic E-state index is -0.884. The second kappa shape index (κ2) is 10.9. The average Bonchev–Trinajstić information content (AvgIpc) is 3.69. The van der Waals surface area contributed by atoms with Gasteiger partial charge in [0.2, 0.25) is 11.8 Å². The summed E-state index contributed by atoms with van der Waals surface area (Å²) in [7, 11) is 0. The third-order valence-electron chi connectivity index (χ3n) is 9.00. The predicted octanol–water partition coefficient (Wildman–Crippen LogP) is 2.93. The van der Waals surface area contributed by atoms with Gasteiger partial charge in [0.15, 0.2) is 0 Å². The number of likely N-dealkylation sites (tertiary alicyclic amines) is 1. The van der Waals surface area contributed by atoms with Gasteiger partial charge < -0.3 is 19.3 Å². The smallest absolute Gasteiger partial charge is 0.240 e. The quantitative estimate of drug-likeness (QED) is 0.488. The summed E-state index contributed by atoms with van der Waals surface area (Å²) in [5.41, 5.74) is 2.66. The molecule has 0 unspecified atom stereocenters. The average molecular weight is 557 g/mol. The minimum absolute atomic E-state index is 0.0167. The number of anilines is 1. The summed E-state index contributed by atoms with van der Waals surface area (Å²) in [5.74, 6) is 0.855. The Labute approximate surface area is 239 Å². The van der Waals surface area contributed by atoms with Gasteiger partial charge in [0, 0.05) is 44.7 Å². The van der Waals surface area contributed by atoms with E-state index < -0.39 is 11.5 Å². The van der Waals surface area contributed by atoms with E-state index in [0.717, 1.165) is 73.9 Å². The molecule has 1 spiro atoms. The van der Waals surface area contributed by atoms with E-state index >= 15 is 0 Å². The van der Waals surface area contributed by atoms with E-state index in [0.29, 0.717) is 39.1 Å². The van der Waals surface area contributed by atoms with Gasteiger partial charge in [-0.15, -0.1) is 5.10 Å². The lowest BCUT2D eigenvalue weighted by atomic mass is 9.72. The first-order chi connectivity index (χ1) is 20.1. The maximum atomic E-state index is 14.7. The number of hydrogen-bond donors (Lipinski definition) is 0. The molecule has 10 nitrogen and oxygen atoms in total. The second-order valence-corrected chi connectivity index (χ2v) is 11.4. The van der Waals surface area contributed by atoms with Gasteiger partial charge in [-0.1, -0.05) is 35.5 Å². The van der Waals surface area contributed by atoms with Gasteiger partial charge in [0.25, 0.3) is 0 Å². The number of carbonyl (C=O) groups excluding carboxylic acids is 2. The summed E-state index contributed by atoms with van der Waals surface area (Å²) in [6, 6.07) is 15.6. The summed E-state index contributed by atoms with van der Waals surface area (Å²) in [6.07, 6.45) is 4.49. The number of carbonyl (C=O) groups is 2. The van der Waals surface area contributed by atoms with Gasteiger partial charge in [-0.05, 0) is 48.7 Å². The van der Waals surface area contributed by atoms with Crippen molar-refractivity contribution in [2.75, 3.05) is 50.9 Å². The fourth-order valence-electron chi connectivity index (χ4n) is 7.07. The predicted molar refractivity (Wildman–Crippen MR) is 151 cm³/mol. The van der Waals surface area contributed by atoms with E-state index in [2.05, 4.69) is 21.3 Å². The van der Waals surface area contributed by atoms with Crippen molar-refractivity contribution in [1.29, 1.82) is 0 Å². The lowest BCUT2D eigenvalue weighted by molar-refractivity contribution is -0.134. The van der Waals surface area contributed by atoms with Gasteiger partial charge in [-0.25, -0.2) is 0 Å². The molecule has 2 amide bonds. The largest absolute Gasteiger partial charge is 0.494 e. The maximum Gasteiger partial charge on any atom is 0.240 e. The SMILES string of the molecule is O=C(CCCN1CCOCC1)N1CC[C@@]23C(=O)N(Cc4cn(nn4)CCCOc4cccc(c4)[C@H]12)c1ccccc13. The number of amides is 2. The fraction of sp³-hybridized carbons (Fsp3) is 0.484. The lowest BCUT2D eigenvalue weighted by Gasteiger charge is -2.35. The highest BCUT2D eigenvalue weighted by molar-refractivity contribution is 6.09. The normalized spacial score (nSPS) is 24.3. The van der Waals surface area contributed by atoms with Crippen LogP contribution in [-0.2, 0) is 32.8 Å². The molecule has 6 bridgehead atoms. The van der Waals surface area contributed by atoms with Crippen molar-refractivity contribution in [2.45, 2.75) is 50.2 Å². The number of fused-ring (bicyclic) bond motifs is 8. The molecule has 0 N–H and O–H groups in total. The number of hydrogen-bond acceptors (Lipinski definition) is 7. The molecular formula is C31H36N6O4. The Bertz CT molecular complexity index is 1440. The van der Waals surface area contributed by atoms with Crippen molar-refractivity contribution < 1.29 is 19.1 Å². The molecular weight excluding hydrogens is 520 g/mol. The van der Waals surface area contributed by atoms with Crippen molar-refractivity contribution in [1.82, 2.24) is 24.8 Å². The van der Waals surface area contributed by atoms with Crippen LogP contribution in [0.5, 0.6) is 5.75 Å². The molecule has 2 fully saturated rings. The van der Waals surface area contributed by atoms with Gasteiger partial charge in [0.1, 0.15) is 16.9 Å². The zero-order chi connectivity index (χ0) is 27.8. The van der Waals surface area contributed by atoms with Gasteiger partial charge in [-0.2, -0.15) is 0 Å². The molecule has 4 aliphatic heterocycles. The topological polar surface area (TPSA) is 93.0 Å². The Hall–Kier alpha value is -3.76. The molecule has 41 heavy (non-hydrogen) atoms. The maximum absolute atomic E-state index is 14.7. The van der Waals surface area contributed by atoms with Crippen molar-refractivity contribution in [3.63, 3.8) is 0 Å². The van der Waals surface area contributed by atoms with Gasteiger partial charge >= 0.3 is 0 Å². The third kappa shape index (κ3) is 4.68. The molecule has 7 rings (SSSR count). The Morgan fingerprint density at radius 1 is 1.02 bits per heavy atom. The molecule has 2 atom stereocenters.